The Morgan fingerprint density at radius 1 is 0.167 bits per heavy atom. The fraction of sp³-hybridized carbons (Fsp3) is 0. The molecular formula is C62H42N4. The summed E-state index contributed by atoms with van der Waals surface area (Å²) in [6.45, 7) is 0. The van der Waals surface area contributed by atoms with Crippen molar-refractivity contribution < 1.29 is 0 Å². The van der Waals surface area contributed by atoms with Gasteiger partial charge in [-0.05, 0) is 51.1 Å². The minimum Gasteiger partial charge on any atom is -0.246 e. The molecule has 0 spiro atoms. The maximum absolute atomic E-state index is 5.62. The molecule has 0 saturated carbocycles. The smallest absolute Gasteiger partial charge is 0.164 e. The maximum Gasteiger partial charge on any atom is 0.164 e. The first kappa shape index (κ1) is 40.0. The van der Waals surface area contributed by atoms with Gasteiger partial charge in [-0.15, -0.1) is 0 Å². The highest BCUT2D eigenvalue weighted by atomic mass is 15.0. The summed E-state index contributed by atoms with van der Waals surface area (Å²) in [5.74, 6) is 1.87. The average molecular weight is 843 g/mol. The molecule has 0 unspecified atom stereocenters. The number of hydrogen-bond donors (Lipinski definition) is 0. The largest absolute Gasteiger partial charge is 0.246 e. The van der Waals surface area contributed by atoms with Crippen molar-refractivity contribution >= 4 is 0 Å². The number of rotatable bonds is 10. The Balaban J connectivity index is 1.06. The molecule has 0 aliphatic heterocycles. The molecule has 0 aliphatic carbocycles. The van der Waals surface area contributed by atoms with Gasteiger partial charge < -0.3 is 0 Å². The third kappa shape index (κ3) is 8.11. The second-order valence-electron chi connectivity index (χ2n) is 16.2. The molecule has 310 valence electrons. The summed E-state index contributed by atoms with van der Waals surface area (Å²) in [6.07, 6.45) is 0. The molecule has 4 heteroatoms. The van der Waals surface area contributed by atoms with Crippen molar-refractivity contribution in [1.82, 2.24) is 19.9 Å². The zero-order valence-electron chi connectivity index (χ0n) is 36.0. The van der Waals surface area contributed by atoms with E-state index in [0.29, 0.717) is 17.5 Å². The van der Waals surface area contributed by atoms with Crippen LogP contribution in [-0.2, 0) is 0 Å². The van der Waals surface area contributed by atoms with Crippen LogP contribution in [0.5, 0.6) is 0 Å². The second kappa shape index (κ2) is 18.1. The molecule has 2 heterocycles. The quantitative estimate of drug-likeness (QED) is 0.138. The van der Waals surface area contributed by atoms with Gasteiger partial charge in [0, 0.05) is 44.5 Å². The minimum absolute atomic E-state index is 0.614. The van der Waals surface area contributed by atoms with E-state index in [1.165, 1.54) is 0 Å². The summed E-state index contributed by atoms with van der Waals surface area (Å²) in [5, 5.41) is 0. The summed E-state index contributed by atoms with van der Waals surface area (Å²) < 4.78 is 0. The topological polar surface area (TPSA) is 51.6 Å². The van der Waals surface area contributed by atoms with Gasteiger partial charge in [0.2, 0.25) is 0 Å². The number of aromatic nitrogens is 4. The van der Waals surface area contributed by atoms with Crippen molar-refractivity contribution in [2.45, 2.75) is 0 Å². The van der Waals surface area contributed by atoms with E-state index in [0.717, 1.165) is 94.8 Å². The summed E-state index contributed by atoms with van der Waals surface area (Å²) in [6, 6.07) is 88.9. The molecule has 0 aliphatic rings. The van der Waals surface area contributed by atoms with E-state index >= 15 is 0 Å². The molecule has 4 nitrogen and oxygen atoms in total. The Morgan fingerprint density at radius 3 is 0.909 bits per heavy atom. The van der Waals surface area contributed by atoms with Gasteiger partial charge in [0.15, 0.2) is 17.5 Å². The minimum atomic E-state index is 0.614. The van der Waals surface area contributed by atoms with Crippen LogP contribution in [0.3, 0.4) is 0 Å². The molecule has 11 rings (SSSR count). The number of hydrogen-bond acceptors (Lipinski definition) is 4. The first-order valence-electron chi connectivity index (χ1n) is 22.2. The van der Waals surface area contributed by atoms with Crippen molar-refractivity contribution in [3.05, 3.63) is 255 Å². The van der Waals surface area contributed by atoms with Crippen molar-refractivity contribution in [3.8, 4) is 112 Å². The monoisotopic (exact) mass is 842 g/mol. The summed E-state index contributed by atoms with van der Waals surface area (Å²) in [5.41, 5.74) is 17.8. The van der Waals surface area contributed by atoms with Gasteiger partial charge >= 0.3 is 0 Å². The fourth-order valence-corrected chi connectivity index (χ4v) is 8.74. The Morgan fingerprint density at radius 2 is 0.455 bits per heavy atom. The maximum atomic E-state index is 5.62. The van der Waals surface area contributed by atoms with Crippen LogP contribution in [0.15, 0.2) is 255 Å². The van der Waals surface area contributed by atoms with Crippen molar-refractivity contribution in [1.29, 1.82) is 0 Å². The Labute approximate surface area is 385 Å². The van der Waals surface area contributed by atoms with Crippen LogP contribution in [-0.4, -0.2) is 19.9 Å². The molecule has 11 aromatic rings. The second-order valence-corrected chi connectivity index (χ2v) is 16.2. The van der Waals surface area contributed by atoms with E-state index < -0.39 is 0 Å². The van der Waals surface area contributed by atoms with Crippen LogP contribution in [0, 0.1) is 0 Å². The molecule has 0 atom stereocenters. The van der Waals surface area contributed by atoms with E-state index in [1.807, 2.05) is 36.4 Å². The molecule has 9 aromatic carbocycles. The SMILES string of the molecule is c1ccc(-c2cccc(-c3nc(-c4ccccc4)nc(-c4ccc(-c5cccc(-c6c(-c7ccccc7)c(-c7ccccc7)nc(-c7ccccc7)c6-c6ccccc6)c5)cc4)n3)c2)cc1. The van der Waals surface area contributed by atoms with Gasteiger partial charge in [-0.2, -0.15) is 0 Å². The van der Waals surface area contributed by atoms with Crippen LogP contribution in [0.4, 0.5) is 0 Å². The molecule has 0 radical (unpaired) electrons. The molecule has 0 amide bonds. The standard InChI is InChI=1S/C62H42N4/c1-7-21-43(22-8-1)52-34-20-36-54(42-52)62-65-60(49-31-17-6-18-32-49)64-61(66-62)50-39-37-44(38-40-50)51-33-19-35-53(41-51)55-56(45-23-9-2-10-24-45)58(47-27-13-4-14-28-47)63-59(48-29-15-5-16-30-48)57(55)46-25-11-3-12-26-46/h1-42H. The lowest BCUT2D eigenvalue weighted by atomic mass is 9.83. The van der Waals surface area contributed by atoms with E-state index in [4.69, 9.17) is 19.9 Å². The normalized spacial score (nSPS) is 11.0. The van der Waals surface area contributed by atoms with Gasteiger partial charge in [-0.25, -0.2) is 19.9 Å². The zero-order chi connectivity index (χ0) is 44.1. The summed E-state index contributed by atoms with van der Waals surface area (Å²) in [7, 11) is 0. The average Bonchev–Trinajstić information content (AvgIpc) is 3.41. The number of benzene rings is 9. The molecule has 0 fully saturated rings. The van der Waals surface area contributed by atoms with Crippen molar-refractivity contribution in [2.24, 2.45) is 0 Å². The van der Waals surface area contributed by atoms with Gasteiger partial charge in [0.1, 0.15) is 0 Å². The molecule has 0 bridgehead atoms. The Kier molecular flexibility index (Phi) is 10.9. The van der Waals surface area contributed by atoms with Gasteiger partial charge in [0.25, 0.3) is 0 Å². The van der Waals surface area contributed by atoms with Gasteiger partial charge in [-0.3, -0.25) is 0 Å². The van der Waals surface area contributed by atoms with Crippen LogP contribution < -0.4 is 0 Å². The number of nitrogens with zero attached hydrogens (tertiary/aromatic N) is 4. The van der Waals surface area contributed by atoms with Crippen LogP contribution in [0.1, 0.15) is 0 Å². The lowest BCUT2D eigenvalue weighted by Gasteiger charge is -2.23. The van der Waals surface area contributed by atoms with E-state index in [-0.39, 0.29) is 0 Å². The Hall–Kier alpha value is -8.86. The molecule has 2 aromatic heterocycles. The van der Waals surface area contributed by atoms with Crippen molar-refractivity contribution in [3.63, 3.8) is 0 Å². The zero-order valence-corrected chi connectivity index (χ0v) is 36.0. The third-order valence-corrected chi connectivity index (χ3v) is 11.9. The molecule has 0 saturated heterocycles. The van der Waals surface area contributed by atoms with Crippen LogP contribution >= 0.6 is 0 Å². The van der Waals surface area contributed by atoms with E-state index in [9.17, 15) is 0 Å². The molecule has 66 heavy (non-hydrogen) atoms. The first-order valence-corrected chi connectivity index (χ1v) is 22.2. The highest BCUT2D eigenvalue weighted by molar-refractivity contribution is 6.05. The molecule has 0 N–H and O–H groups in total. The van der Waals surface area contributed by atoms with E-state index in [2.05, 4.69) is 218 Å². The van der Waals surface area contributed by atoms with Gasteiger partial charge in [-0.1, -0.05) is 243 Å². The van der Waals surface area contributed by atoms with Gasteiger partial charge in [0.05, 0.1) is 11.4 Å². The highest BCUT2D eigenvalue weighted by Gasteiger charge is 2.25. The Bertz CT molecular complexity index is 3310. The van der Waals surface area contributed by atoms with Crippen LogP contribution in [0.2, 0.25) is 0 Å². The lowest BCUT2D eigenvalue weighted by molar-refractivity contribution is 1.07. The summed E-state index contributed by atoms with van der Waals surface area (Å²) >= 11 is 0. The lowest BCUT2D eigenvalue weighted by Crippen LogP contribution is -2.01. The van der Waals surface area contributed by atoms with Crippen LogP contribution in [0.25, 0.3) is 112 Å². The molecular weight excluding hydrogens is 801 g/mol. The van der Waals surface area contributed by atoms with Crippen molar-refractivity contribution in [2.75, 3.05) is 0 Å². The fourth-order valence-electron chi connectivity index (χ4n) is 8.74. The summed E-state index contributed by atoms with van der Waals surface area (Å²) in [4.78, 5) is 20.8. The number of pyridine rings is 1. The first-order chi connectivity index (χ1) is 32.7. The predicted octanol–water partition coefficient (Wildman–Crippen LogP) is 15.9. The third-order valence-electron chi connectivity index (χ3n) is 11.9. The predicted molar refractivity (Wildman–Crippen MR) is 272 cm³/mol. The highest BCUT2D eigenvalue weighted by Crippen LogP contribution is 2.49. The van der Waals surface area contributed by atoms with E-state index in [1.54, 1.807) is 0 Å².